The highest BCUT2D eigenvalue weighted by Gasteiger charge is 2.15. The normalized spacial score (nSPS) is 10.8. The van der Waals surface area contributed by atoms with Gasteiger partial charge in [-0.15, -0.1) is 6.58 Å². The van der Waals surface area contributed by atoms with Gasteiger partial charge in [0.2, 0.25) is 0 Å². The molecule has 0 atom stereocenters. The molecular weight excluding hydrogens is 334 g/mol. The summed E-state index contributed by atoms with van der Waals surface area (Å²) in [6.07, 6.45) is 11.4. The van der Waals surface area contributed by atoms with Gasteiger partial charge in [0.1, 0.15) is 17.3 Å². The van der Waals surface area contributed by atoms with Crippen LogP contribution in [0.1, 0.15) is 49.8 Å². The third kappa shape index (κ3) is 4.38. The first-order valence-corrected chi connectivity index (χ1v) is 9.58. The van der Waals surface area contributed by atoms with E-state index >= 15 is 0 Å². The van der Waals surface area contributed by atoms with Crippen molar-refractivity contribution in [3.05, 3.63) is 76.9 Å². The van der Waals surface area contributed by atoms with Crippen LogP contribution in [-0.4, -0.2) is 9.38 Å². The number of hydrogen-bond donors (Lipinski definition) is 1. The summed E-state index contributed by atoms with van der Waals surface area (Å²) in [5.74, 6) is 0. The fraction of sp³-hybridized carbons (Fsp3) is 0.304. The molecule has 0 saturated heterocycles. The van der Waals surface area contributed by atoms with Crippen molar-refractivity contribution in [2.75, 3.05) is 0 Å². The summed E-state index contributed by atoms with van der Waals surface area (Å²) in [7, 11) is 0. The van der Waals surface area contributed by atoms with E-state index in [1.807, 2.05) is 36.4 Å². The lowest BCUT2D eigenvalue weighted by Crippen LogP contribution is -2.13. The first kappa shape index (κ1) is 18.7. The minimum absolute atomic E-state index is 0.0941. The van der Waals surface area contributed by atoms with Crippen molar-refractivity contribution in [1.29, 1.82) is 5.26 Å². The van der Waals surface area contributed by atoms with Gasteiger partial charge in [-0.3, -0.25) is 9.20 Å². The Hall–Kier alpha value is -3.06. The summed E-state index contributed by atoms with van der Waals surface area (Å²) in [5.41, 5.74) is 3.63. The molecule has 1 aromatic carbocycles. The maximum absolute atomic E-state index is 12.5. The average molecular weight is 359 g/mol. The van der Waals surface area contributed by atoms with Gasteiger partial charge in [-0.05, 0) is 31.2 Å². The van der Waals surface area contributed by atoms with Crippen LogP contribution in [0.5, 0.6) is 0 Å². The number of fused-ring (bicyclic) bond motifs is 1. The maximum Gasteiger partial charge on any atom is 0.257 e. The summed E-state index contributed by atoms with van der Waals surface area (Å²) in [4.78, 5) is 15.9. The molecular formula is C23H25N3O. The summed E-state index contributed by atoms with van der Waals surface area (Å²) in [6, 6.07) is 13.6. The van der Waals surface area contributed by atoms with Crippen molar-refractivity contribution in [3.63, 3.8) is 0 Å². The molecule has 2 heterocycles. The van der Waals surface area contributed by atoms with Gasteiger partial charge in [-0.1, -0.05) is 55.7 Å². The van der Waals surface area contributed by atoms with E-state index in [2.05, 4.69) is 17.6 Å². The smallest absolute Gasteiger partial charge is 0.257 e. The number of nitriles is 1. The highest BCUT2D eigenvalue weighted by molar-refractivity contribution is 5.78. The van der Waals surface area contributed by atoms with Crippen LogP contribution in [0.25, 0.3) is 16.8 Å². The third-order valence-electron chi connectivity index (χ3n) is 4.87. The number of benzene rings is 1. The van der Waals surface area contributed by atoms with Crippen LogP contribution in [0.15, 0.2) is 60.0 Å². The van der Waals surface area contributed by atoms with Crippen molar-refractivity contribution in [2.24, 2.45) is 0 Å². The van der Waals surface area contributed by atoms with Crippen molar-refractivity contribution in [2.45, 2.75) is 44.9 Å². The molecule has 1 N–H and O–H groups in total. The van der Waals surface area contributed by atoms with Gasteiger partial charge in [-0.2, -0.15) is 5.26 Å². The quantitative estimate of drug-likeness (QED) is 0.420. The molecule has 27 heavy (non-hydrogen) atoms. The summed E-state index contributed by atoms with van der Waals surface area (Å²) in [6.45, 7) is 3.74. The number of H-pyrrole nitrogens is 1. The van der Waals surface area contributed by atoms with Crippen LogP contribution < -0.4 is 5.56 Å². The van der Waals surface area contributed by atoms with Crippen molar-refractivity contribution in [1.82, 2.24) is 9.38 Å². The Labute approximate surface area is 159 Å². The number of hydrogen-bond acceptors (Lipinski definition) is 2. The number of aromatic nitrogens is 2. The molecule has 0 aliphatic carbocycles. The van der Waals surface area contributed by atoms with Crippen molar-refractivity contribution in [3.8, 4) is 17.2 Å². The molecule has 0 saturated carbocycles. The topological polar surface area (TPSA) is 61.1 Å². The van der Waals surface area contributed by atoms with Gasteiger partial charge in [0, 0.05) is 23.5 Å². The molecule has 138 valence electrons. The number of nitrogens with zero attached hydrogens (tertiary/aromatic N) is 2. The highest BCUT2D eigenvalue weighted by Crippen LogP contribution is 2.26. The molecule has 0 aliphatic rings. The first-order chi connectivity index (χ1) is 13.2. The Morgan fingerprint density at radius 2 is 1.85 bits per heavy atom. The number of allylic oxidation sites excluding steroid dienone is 1. The van der Waals surface area contributed by atoms with Crippen molar-refractivity contribution >= 4 is 5.65 Å². The predicted octanol–water partition coefficient (Wildman–Crippen LogP) is 5.24. The Morgan fingerprint density at radius 1 is 1.11 bits per heavy atom. The Morgan fingerprint density at radius 3 is 2.59 bits per heavy atom. The molecule has 0 bridgehead atoms. The highest BCUT2D eigenvalue weighted by atomic mass is 16.1. The van der Waals surface area contributed by atoms with Crippen LogP contribution in [0.3, 0.4) is 0 Å². The zero-order chi connectivity index (χ0) is 19.1. The molecule has 3 aromatic rings. The molecule has 4 nitrogen and oxygen atoms in total. The van der Waals surface area contributed by atoms with Gasteiger partial charge in [0.25, 0.3) is 5.56 Å². The number of nitrogens with one attached hydrogen (secondary N) is 1. The standard InChI is InChI=1S/C23H25N3O/c1-2-3-4-5-6-7-11-14-19-15-22(27)26-17-21(18-12-9-8-10-13-18)20(16-24)23(26)25-19/h2,8-10,12-13,15,17,25H,1,3-7,11,14H2. The van der Waals surface area contributed by atoms with E-state index in [9.17, 15) is 10.1 Å². The van der Waals surface area contributed by atoms with Crippen LogP contribution in [0.2, 0.25) is 0 Å². The minimum atomic E-state index is -0.0941. The van der Waals surface area contributed by atoms with E-state index in [0.29, 0.717) is 11.2 Å². The van der Waals surface area contributed by atoms with Gasteiger partial charge < -0.3 is 4.98 Å². The lowest BCUT2D eigenvalue weighted by atomic mass is 10.1. The second kappa shape index (κ2) is 9.05. The third-order valence-corrected chi connectivity index (χ3v) is 4.87. The summed E-state index contributed by atoms with van der Waals surface area (Å²) >= 11 is 0. The zero-order valence-corrected chi connectivity index (χ0v) is 15.6. The van der Waals surface area contributed by atoms with Crippen LogP contribution in [0, 0.1) is 11.3 Å². The SMILES string of the molecule is C=CCCCCCCCc1cc(=O)n2cc(-c3ccccc3)c(C#N)c2[nH]1. The average Bonchev–Trinajstić information content (AvgIpc) is 3.07. The second-order valence-corrected chi connectivity index (χ2v) is 6.84. The largest absolute Gasteiger partial charge is 0.344 e. The fourth-order valence-electron chi connectivity index (χ4n) is 3.43. The Kier molecular flexibility index (Phi) is 6.27. The van der Waals surface area contributed by atoms with Gasteiger partial charge in [-0.25, -0.2) is 0 Å². The van der Waals surface area contributed by atoms with Crippen LogP contribution in [-0.2, 0) is 6.42 Å². The van der Waals surface area contributed by atoms with Crippen LogP contribution >= 0.6 is 0 Å². The lowest BCUT2D eigenvalue weighted by molar-refractivity contribution is 0.614. The second-order valence-electron chi connectivity index (χ2n) is 6.84. The molecule has 0 amide bonds. The lowest BCUT2D eigenvalue weighted by Gasteiger charge is -2.04. The molecule has 2 aromatic heterocycles. The van der Waals surface area contributed by atoms with Crippen LogP contribution in [0.4, 0.5) is 0 Å². The molecule has 3 rings (SSSR count). The maximum atomic E-state index is 12.5. The predicted molar refractivity (Wildman–Crippen MR) is 110 cm³/mol. The van der Waals surface area contributed by atoms with E-state index in [4.69, 9.17) is 0 Å². The Bertz CT molecular complexity index is 1010. The van der Waals surface area contributed by atoms with Crippen molar-refractivity contribution < 1.29 is 0 Å². The number of unbranched alkanes of at least 4 members (excludes halogenated alkanes) is 5. The fourth-order valence-corrected chi connectivity index (χ4v) is 3.43. The molecule has 0 aliphatic heterocycles. The zero-order valence-electron chi connectivity index (χ0n) is 15.6. The number of rotatable bonds is 9. The van der Waals surface area contributed by atoms with E-state index in [1.54, 1.807) is 16.7 Å². The molecule has 4 heteroatoms. The van der Waals surface area contributed by atoms with E-state index in [0.717, 1.165) is 42.5 Å². The van der Waals surface area contributed by atoms with E-state index < -0.39 is 0 Å². The number of aromatic amines is 1. The van der Waals surface area contributed by atoms with Gasteiger partial charge in [0.05, 0.1) is 0 Å². The summed E-state index contributed by atoms with van der Waals surface area (Å²) in [5, 5.41) is 9.67. The first-order valence-electron chi connectivity index (χ1n) is 9.58. The Balaban J connectivity index is 1.79. The summed E-state index contributed by atoms with van der Waals surface area (Å²) < 4.78 is 1.54. The molecule has 0 spiro atoms. The molecule has 0 fully saturated rings. The molecule has 0 radical (unpaired) electrons. The monoisotopic (exact) mass is 359 g/mol. The minimum Gasteiger partial charge on any atom is -0.344 e. The van der Waals surface area contributed by atoms with Gasteiger partial charge in [0.15, 0.2) is 0 Å². The number of aryl methyl sites for hydroxylation is 1. The van der Waals surface area contributed by atoms with E-state index in [-0.39, 0.29) is 5.56 Å². The van der Waals surface area contributed by atoms with E-state index in [1.165, 1.54) is 19.3 Å². The molecule has 0 unspecified atom stereocenters. The van der Waals surface area contributed by atoms with Gasteiger partial charge >= 0.3 is 0 Å².